The van der Waals surface area contributed by atoms with Crippen molar-refractivity contribution in [1.29, 1.82) is 0 Å². The third-order valence-electron chi connectivity index (χ3n) is 5.24. The SMILES string of the molecule is COc1ccccc1N1CCN(C(=O)Cn2c(=O)[nH]c3ccccc3c2=O)CC1. The summed E-state index contributed by atoms with van der Waals surface area (Å²) in [5.41, 5.74) is 0.431. The number of fused-ring (bicyclic) bond motifs is 1. The van der Waals surface area contributed by atoms with Crippen LogP contribution in [0, 0.1) is 0 Å². The van der Waals surface area contributed by atoms with Gasteiger partial charge in [0.25, 0.3) is 5.56 Å². The van der Waals surface area contributed by atoms with E-state index in [1.807, 2.05) is 24.3 Å². The van der Waals surface area contributed by atoms with Crippen molar-refractivity contribution >= 4 is 22.5 Å². The second-order valence-corrected chi connectivity index (χ2v) is 6.91. The molecular weight excluding hydrogens is 372 g/mol. The minimum atomic E-state index is -0.574. The normalized spacial score (nSPS) is 14.2. The largest absolute Gasteiger partial charge is 0.495 e. The van der Waals surface area contributed by atoms with Gasteiger partial charge in [0.15, 0.2) is 0 Å². The molecule has 8 heteroatoms. The molecule has 1 N–H and O–H groups in total. The Hall–Kier alpha value is -3.55. The molecule has 8 nitrogen and oxygen atoms in total. The van der Waals surface area contributed by atoms with E-state index in [0.29, 0.717) is 37.1 Å². The second kappa shape index (κ2) is 7.83. The first-order valence-electron chi connectivity index (χ1n) is 9.46. The third kappa shape index (κ3) is 3.61. The van der Waals surface area contributed by atoms with Gasteiger partial charge in [0.05, 0.1) is 23.7 Å². The summed E-state index contributed by atoms with van der Waals surface area (Å²) in [6, 6.07) is 14.5. The van der Waals surface area contributed by atoms with Gasteiger partial charge in [-0.15, -0.1) is 0 Å². The average Bonchev–Trinajstić information content (AvgIpc) is 2.76. The van der Waals surface area contributed by atoms with Crippen LogP contribution in [0.4, 0.5) is 5.69 Å². The lowest BCUT2D eigenvalue weighted by Gasteiger charge is -2.36. The van der Waals surface area contributed by atoms with Crippen LogP contribution < -0.4 is 20.9 Å². The zero-order valence-corrected chi connectivity index (χ0v) is 16.1. The number of methoxy groups -OCH3 is 1. The fourth-order valence-electron chi connectivity index (χ4n) is 3.67. The Labute approximate surface area is 166 Å². The second-order valence-electron chi connectivity index (χ2n) is 6.91. The zero-order valence-electron chi connectivity index (χ0n) is 16.1. The summed E-state index contributed by atoms with van der Waals surface area (Å²) in [5, 5.41) is 0.390. The minimum Gasteiger partial charge on any atom is -0.495 e. The molecule has 1 aliphatic heterocycles. The minimum absolute atomic E-state index is 0.243. The first-order chi connectivity index (χ1) is 14.1. The fraction of sp³-hybridized carbons (Fsp3) is 0.286. The number of hydrogen-bond acceptors (Lipinski definition) is 5. The molecule has 29 heavy (non-hydrogen) atoms. The van der Waals surface area contributed by atoms with E-state index in [1.165, 1.54) is 0 Å². The van der Waals surface area contributed by atoms with Crippen molar-refractivity contribution in [3.05, 3.63) is 69.4 Å². The lowest BCUT2D eigenvalue weighted by molar-refractivity contribution is -0.132. The Morgan fingerprint density at radius 2 is 1.69 bits per heavy atom. The summed E-state index contributed by atoms with van der Waals surface area (Å²) < 4.78 is 6.38. The number of para-hydroxylation sites is 3. The number of hydrogen-bond donors (Lipinski definition) is 1. The molecule has 2 heterocycles. The molecule has 1 aromatic heterocycles. The highest BCUT2D eigenvalue weighted by molar-refractivity contribution is 5.79. The molecule has 0 unspecified atom stereocenters. The van der Waals surface area contributed by atoms with Gasteiger partial charge in [-0.1, -0.05) is 24.3 Å². The molecule has 150 valence electrons. The maximum Gasteiger partial charge on any atom is 0.329 e. The van der Waals surface area contributed by atoms with E-state index in [9.17, 15) is 14.4 Å². The predicted molar refractivity (Wildman–Crippen MR) is 111 cm³/mol. The van der Waals surface area contributed by atoms with Gasteiger partial charge >= 0.3 is 5.69 Å². The van der Waals surface area contributed by atoms with Crippen molar-refractivity contribution in [1.82, 2.24) is 14.5 Å². The summed E-state index contributed by atoms with van der Waals surface area (Å²) in [6.07, 6.45) is 0. The van der Waals surface area contributed by atoms with Crippen molar-refractivity contribution in [2.75, 3.05) is 38.2 Å². The van der Waals surface area contributed by atoms with Crippen LogP contribution in [-0.4, -0.2) is 53.6 Å². The Balaban J connectivity index is 1.48. The van der Waals surface area contributed by atoms with E-state index in [2.05, 4.69) is 9.88 Å². The van der Waals surface area contributed by atoms with Crippen LogP contribution in [0.15, 0.2) is 58.1 Å². The van der Waals surface area contributed by atoms with E-state index < -0.39 is 11.2 Å². The molecule has 1 aliphatic rings. The van der Waals surface area contributed by atoms with Crippen LogP contribution in [0.2, 0.25) is 0 Å². The number of benzene rings is 2. The molecule has 0 bridgehead atoms. The van der Waals surface area contributed by atoms with Gasteiger partial charge in [-0.25, -0.2) is 4.79 Å². The number of carbonyl (C=O) groups is 1. The molecule has 1 amide bonds. The number of amides is 1. The van der Waals surface area contributed by atoms with E-state index in [1.54, 1.807) is 36.3 Å². The van der Waals surface area contributed by atoms with Gasteiger partial charge in [0, 0.05) is 26.2 Å². The Kier molecular flexibility index (Phi) is 5.07. The first kappa shape index (κ1) is 18.8. The quantitative estimate of drug-likeness (QED) is 0.715. The molecule has 0 radical (unpaired) electrons. The highest BCUT2D eigenvalue weighted by Crippen LogP contribution is 2.28. The van der Waals surface area contributed by atoms with Crippen LogP contribution in [-0.2, 0) is 11.3 Å². The first-order valence-corrected chi connectivity index (χ1v) is 9.46. The van der Waals surface area contributed by atoms with Gasteiger partial charge in [0.1, 0.15) is 12.3 Å². The molecular formula is C21H22N4O4. The predicted octanol–water partition coefficient (Wildman–Crippen LogP) is 1.05. The number of H-pyrrole nitrogens is 1. The number of nitrogens with zero attached hydrogens (tertiary/aromatic N) is 3. The number of piperazine rings is 1. The Morgan fingerprint density at radius 1 is 1.00 bits per heavy atom. The van der Waals surface area contributed by atoms with Crippen LogP contribution in [0.3, 0.4) is 0 Å². The lowest BCUT2D eigenvalue weighted by Crippen LogP contribution is -2.51. The van der Waals surface area contributed by atoms with Crippen molar-refractivity contribution in [2.24, 2.45) is 0 Å². The smallest absolute Gasteiger partial charge is 0.329 e. The highest BCUT2D eigenvalue weighted by Gasteiger charge is 2.24. The molecule has 0 aliphatic carbocycles. The van der Waals surface area contributed by atoms with E-state index >= 15 is 0 Å². The molecule has 2 aromatic carbocycles. The number of anilines is 1. The van der Waals surface area contributed by atoms with Gasteiger partial charge in [-0.2, -0.15) is 0 Å². The molecule has 0 atom stereocenters. The van der Waals surface area contributed by atoms with Crippen LogP contribution in [0.1, 0.15) is 0 Å². The summed E-state index contributed by atoms with van der Waals surface area (Å²) >= 11 is 0. The molecule has 1 fully saturated rings. The third-order valence-corrected chi connectivity index (χ3v) is 5.24. The van der Waals surface area contributed by atoms with Crippen molar-refractivity contribution < 1.29 is 9.53 Å². The summed E-state index contributed by atoms with van der Waals surface area (Å²) in [5.74, 6) is 0.550. The fourth-order valence-corrected chi connectivity index (χ4v) is 3.67. The summed E-state index contributed by atoms with van der Waals surface area (Å²) in [7, 11) is 1.64. The molecule has 1 saturated heterocycles. The zero-order chi connectivity index (χ0) is 20.4. The van der Waals surface area contributed by atoms with Crippen molar-refractivity contribution in [3.8, 4) is 5.75 Å². The van der Waals surface area contributed by atoms with E-state index in [0.717, 1.165) is 16.0 Å². The standard InChI is InChI=1S/C21H22N4O4/c1-29-18-9-5-4-8-17(18)23-10-12-24(13-11-23)19(26)14-25-20(27)15-6-2-3-7-16(15)22-21(25)28/h2-9H,10-14H2,1H3,(H,22,28). The van der Waals surface area contributed by atoms with E-state index in [4.69, 9.17) is 4.74 Å². The van der Waals surface area contributed by atoms with Crippen LogP contribution >= 0.6 is 0 Å². The van der Waals surface area contributed by atoms with E-state index in [-0.39, 0.29) is 12.5 Å². The highest BCUT2D eigenvalue weighted by atomic mass is 16.5. The monoisotopic (exact) mass is 394 g/mol. The number of ether oxygens (including phenoxy) is 1. The van der Waals surface area contributed by atoms with Crippen molar-refractivity contribution in [2.45, 2.75) is 6.54 Å². The molecule has 0 saturated carbocycles. The molecule has 0 spiro atoms. The maximum absolute atomic E-state index is 12.7. The topological polar surface area (TPSA) is 87.6 Å². The van der Waals surface area contributed by atoms with Crippen molar-refractivity contribution in [3.63, 3.8) is 0 Å². The Bertz CT molecular complexity index is 1160. The number of aromatic amines is 1. The number of aromatic nitrogens is 2. The molecule has 4 rings (SSSR count). The number of nitrogens with one attached hydrogen (secondary N) is 1. The average molecular weight is 394 g/mol. The van der Waals surface area contributed by atoms with Gasteiger partial charge < -0.3 is 19.5 Å². The number of rotatable bonds is 4. The summed E-state index contributed by atoms with van der Waals surface area (Å²) in [4.78, 5) is 44.2. The van der Waals surface area contributed by atoms with Gasteiger partial charge in [-0.05, 0) is 24.3 Å². The molecule has 3 aromatic rings. The van der Waals surface area contributed by atoms with Gasteiger partial charge in [-0.3, -0.25) is 14.2 Å². The maximum atomic E-state index is 12.7. The van der Waals surface area contributed by atoms with Gasteiger partial charge in [0.2, 0.25) is 5.91 Å². The van der Waals surface area contributed by atoms with Crippen LogP contribution in [0.25, 0.3) is 10.9 Å². The van der Waals surface area contributed by atoms with Crippen LogP contribution in [0.5, 0.6) is 5.75 Å². The lowest BCUT2D eigenvalue weighted by atomic mass is 10.2. The number of carbonyl (C=O) groups excluding carboxylic acids is 1. The summed E-state index contributed by atoms with van der Waals surface area (Å²) in [6.45, 7) is 2.05. The Morgan fingerprint density at radius 3 is 2.45 bits per heavy atom.